The minimum Gasteiger partial charge on any atom is -0.311 e. The molecule has 5 heteroatoms. The zero-order valence-corrected chi connectivity index (χ0v) is 12.7. The molecule has 2 rings (SSSR count). The van der Waals surface area contributed by atoms with Gasteiger partial charge in [0.1, 0.15) is 0 Å². The van der Waals surface area contributed by atoms with E-state index < -0.39 is 0 Å². The van der Waals surface area contributed by atoms with Gasteiger partial charge in [-0.3, -0.25) is 4.90 Å². The van der Waals surface area contributed by atoms with E-state index in [4.69, 9.17) is 0 Å². The van der Waals surface area contributed by atoms with Crippen molar-refractivity contribution in [2.45, 2.75) is 44.4 Å². The number of hydrogen-bond donors (Lipinski definition) is 1. The third kappa shape index (κ3) is 4.44. The zero-order chi connectivity index (χ0) is 13.5. The Morgan fingerprint density at radius 1 is 1.37 bits per heavy atom. The van der Waals surface area contributed by atoms with Crippen molar-refractivity contribution >= 4 is 11.8 Å². The Morgan fingerprint density at radius 2 is 2.16 bits per heavy atom. The van der Waals surface area contributed by atoms with Gasteiger partial charge in [0, 0.05) is 37.1 Å². The topological polar surface area (TPSA) is 41.1 Å². The maximum atomic E-state index is 4.35. The SMILES string of the molecule is CCSc1ncc(CNC[C@H]2CCCN2CC)cn1. The highest BCUT2D eigenvalue weighted by Gasteiger charge is 2.21. The van der Waals surface area contributed by atoms with E-state index in [9.17, 15) is 0 Å². The zero-order valence-electron chi connectivity index (χ0n) is 11.9. The molecule has 0 bridgehead atoms. The Bertz CT molecular complexity index is 368. The first-order chi connectivity index (χ1) is 9.33. The van der Waals surface area contributed by atoms with Gasteiger partial charge < -0.3 is 5.32 Å². The van der Waals surface area contributed by atoms with Crippen molar-refractivity contribution in [3.05, 3.63) is 18.0 Å². The molecular formula is C14H24N4S. The molecule has 1 saturated heterocycles. The standard InChI is InChI=1S/C14H24N4S/c1-3-18-7-5-6-13(18)11-15-8-12-9-16-14(17-10-12)19-4-2/h9-10,13,15H,3-8,11H2,1-2H3/t13-/m1/s1. The predicted octanol–water partition coefficient (Wildman–Crippen LogP) is 2.16. The van der Waals surface area contributed by atoms with Crippen LogP contribution in [0, 0.1) is 0 Å². The summed E-state index contributed by atoms with van der Waals surface area (Å²) < 4.78 is 0. The maximum Gasteiger partial charge on any atom is 0.187 e. The molecule has 0 aromatic carbocycles. The molecule has 0 unspecified atom stereocenters. The summed E-state index contributed by atoms with van der Waals surface area (Å²) >= 11 is 1.68. The fraction of sp³-hybridized carbons (Fsp3) is 0.714. The van der Waals surface area contributed by atoms with Crippen LogP contribution in [0.4, 0.5) is 0 Å². The van der Waals surface area contributed by atoms with Gasteiger partial charge in [-0.25, -0.2) is 9.97 Å². The molecule has 1 aromatic heterocycles. The molecule has 19 heavy (non-hydrogen) atoms. The molecule has 2 heterocycles. The number of likely N-dealkylation sites (N-methyl/N-ethyl adjacent to an activating group) is 1. The van der Waals surface area contributed by atoms with Crippen LogP contribution in [0.25, 0.3) is 0 Å². The Morgan fingerprint density at radius 3 is 2.84 bits per heavy atom. The van der Waals surface area contributed by atoms with Gasteiger partial charge in [-0.05, 0) is 31.7 Å². The summed E-state index contributed by atoms with van der Waals surface area (Å²) in [6.45, 7) is 8.72. The quantitative estimate of drug-likeness (QED) is 0.612. The second-order valence-corrected chi connectivity index (χ2v) is 6.09. The molecule has 0 radical (unpaired) electrons. The second-order valence-electron chi connectivity index (χ2n) is 4.86. The molecule has 0 amide bonds. The lowest BCUT2D eigenvalue weighted by Gasteiger charge is -2.22. The van der Waals surface area contributed by atoms with E-state index in [1.165, 1.54) is 31.5 Å². The number of hydrogen-bond acceptors (Lipinski definition) is 5. The van der Waals surface area contributed by atoms with E-state index in [0.29, 0.717) is 6.04 Å². The highest BCUT2D eigenvalue weighted by molar-refractivity contribution is 7.99. The minimum atomic E-state index is 0.709. The molecule has 0 spiro atoms. The fourth-order valence-corrected chi connectivity index (χ4v) is 3.08. The number of nitrogens with one attached hydrogen (secondary N) is 1. The van der Waals surface area contributed by atoms with Gasteiger partial charge in [0.2, 0.25) is 0 Å². The van der Waals surface area contributed by atoms with E-state index in [0.717, 1.165) is 24.0 Å². The normalized spacial score (nSPS) is 20.0. The molecule has 1 fully saturated rings. The molecule has 1 aromatic rings. The highest BCUT2D eigenvalue weighted by atomic mass is 32.2. The summed E-state index contributed by atoms with van der Waals surface area (Å²) in [5.41, 5.74) is 1.17. The Balaban J connectivity index is 1.73. The summed E-state index contributed by atoms with van der Waals surface area (Å²) in [5.74, 6) is 1.02. The minimum absolute atomic E-state index is 0.709. The van der Waals surface area contributed by atoms with E-state index in [2.05, 4.69) is 34.0 Å². The summed E-state index contributed by atoms with van der Waals surface area (Å²) in [6.07, 6.45) is 6.53. The summed E-state index contributed by atoms with van der Waals surface area (Å²) in [5, 5.41) is 4.41. The molecule has 106 valence electrons. The molecule has 0 saturated carbocycles. The van der Waals surface area contributed by atoms with Crippen molar-refractivity contribution in [2.24, 2.45) is 0 Å². The van der Waals surface area contributed by atoms with Crippen molar-refractivity contribution in [3.63, 3.8) is 0 Å². The first kappa shape index (κ1) is 14.8. The first-order valence-corrected chi connectivity index (χ1v) is 8.20. The summed E-state index contributed by atoms with van der Waals surface area (Å²) in [4.78, 5) is 11.3. The van der Waals surface area contributed by atoms with Crippen LogP contribution in [0.3, 0.4) is 0 Å². The van der Waals surface area contributed by atoms with Gasteiger partial charge in [0.15, 0.2) is 5.16 Å². The van der Waals surface area contributed by atoms with Crippen molar-refractivity contribution in [1.29, 1.82) is 0 Å². The van der Waals surface area contributed by atoms with Gasteiger partial charge in [0.05, 0.1) is 0 Å². The van der Waals surface area contributed by atoms with Crippen molar-refractivity contribution < 1.29 is 0 Å². The summed E-state index contributed by atoms with van der Waals surface area (Å²) in [7, 11) is 0. The van der Waals surface area contributed by atoms with E-state index >= 15 is 0 Å². The second kappa shape index (κ2) is 7.82. The third-order valence-corrected chi connectivity index (χ3v) is 4.33. The fourth-order valence-electron chi connectivity index (χ4n) is 2.56. The van der Waals surface area contributed by atoms with Crippen LogP contribution < -0.4 is 5.32 Å². The predicted molar refractivity (Wildman–Crippen MR) is 80.4 cm³/mol. The Hall–Kier alpha value is -0.650. The van der Waals surface area contributed by atoms with Gasteiger partial charge in [-0.15, -0.1) is 0 Å². The molecule has 1 aliphatic heterocycles. The van der Waals surface area contributed by atoms with Crippen LogP contribution in [0.1, 0.15) is 32.3 Å². The largest absolute Gasteiger partial charge is 0.311 e. The third-order valence-electron chi connectivity index (χ3n) is 3.57. The average Bonchev–Trinajstić information content (AvgIpc) is 2.88. The average molecular weight is 280 g/mol. The smallest absolute Gasteiger partial charge is 0.187 e. The molecule has 4 nitrogen and oxygen atoms in total. The van der Waals surface area contributed by atoms with Gasteiger partial charge in [-0.1, -0.05) is 25.6 Å². The van der Waals surface area contributed by atoms with Crippen molar-refractivity contribution in [2.75, 3.05) is 25.4 Å². The van der Waals surface area contributed by atoms with Crippen LogP contribution in [0.15, 0.2) is 17.6 Å². The number of aromatic nitrogens is 2. The van der Waals surface area contributed by atoms with Crippen molar-refractivity contribution in [3.8, 4) is 0 Å². The molecule has 1 N–H and O–H groups in total. The van der Waals surface area contributed by atoms with Gasteiger partial charge >= 0.3 is 0 Å². The number of thioether (sulfide) groups is 1. The number of nitrogens with zero attached hydrogens (tertiary/aromatic N) is 3. The van der Waals surface area contributed by atoms with Crippen LogP contribution in [0.5, 0.6) is 0 Å². The Kier molecular flexibility index (Phi) is 6.07. The summed E-state index contributed by atoms with van der Waals surface area (Å²) in [6, 6.07) is 0.709. The van der Waals surface area contributed by atoms with Gasteiger partial charge in [-0.2, -0.15) is 0 Å². The van der Waals surface area contributed by atoms with Crippen LogP contribution in [-0.4, -0.2) is 46.3 Å². The van der Waals surface area contributed by atoms with Crippen LogP contribution in [0.2, 0.25) is 0 Å². The lowest BCUT2D eigenvalue weighted by molar-refractivity contribution is 0.260. The number of rotatable bonds is 7. The van der Waals surface area contributed by atoms with E-state index in [-0.39, 0.29) is 0 Å². The molecule has 0 aliphatic carbocycles. The van der Waals surface area contributed by atoms with E-state index in [1.807, 2.05) is 12.4 Å². The lowest BCUT2D eigenvalue weighted by Crippen LogP contribution is -2.37. The maximum absolute atomic E-state index is 4.35. The highest BCUT2D eigenvalue weighted by Crippen LogP contribution is 2.15. The van der Waals surface area contributed by atoms with E-state index in [1.54, 1.807) is 11.8 Å². The Labute approximate surface area is 120 Å². The van der Waals surface area contributed by atoms with Crippen LogP contribution >= 0.6 is 11.8 Å². The molecule has 1 atom stereocenters. The number of likely N-dealkylation sites (tertiary alicyclic amines) is 1. The van der Waals surface area contributed by atoms with Gasteiger partial charge in [0.25, 0.3) is 0 Å². The lowest BCUT2D eigenvalue weighted by atomic mass is 10.2. The van der Waals surface area contributed by atoms with Crippen molar-refractivity contribution in [1.82, 2.24) is 20.2 Å². The first-order valence-electron chi connectivity index (χ1n) is 7.22. The molecule has 1 aliphatic rings. The van der Waals surface area contributed by atoms with Crippen LogP contribution in [-0.2, 0) is 6.54 Å². The monoisotopic (exact) mass is 280 g/mol. The molecular weight excluding hydrogens is 256 g/mol.